The second-order valence-corrected chi connectivity index (χ2v) is 12.2. The van der Waals surface area contributed by atoms with Gasteiger partial charge in [0.05, 0.1) is 0 Å². The summed E-state index contributed by atoms with van der Waals surface area (Å²) in [5.41, 5.74) is 0.440. The van der Waals surface area contributed by atoms with Crippen molar-refractivity contribution in [3.05, 3.63) is 35.9 Å². The van der Waals surface area contributed by atoms with Crippen LogP contribution in [0.4, 0.5) is 0 Å². The number of hydrogen-bond acceptors (Lipinski definition) is 4. The van der Waals surface area contributed by atoms with E-state index < -0.39 is 5.60 Å². The summed E-state index contributed by atoms with van der Waals surface area (Å²) < 4.78 is 11.8. The van der Waals surface area contributed by atoms with Crippen molar-refractivity contribution in [3.8, 4) is 11.8 Å². The maximum Gasteiger partial charge on any atom is 0.304 e. The Bertz CT molecular complexity index is 1040. The molecule has 4 aliphatic carbocycles. The first-order chi connectivity index (χ1) is 16.7. The third kappa shape index (κ3) is 4.09. The molecule has 1 aromatic carbocycles. The quantitative estimate of drug-likeness (QED) is 0.370. The molecule has 0 radical (unpaired) electrons. The van der Waals surface area contributed by atoms with Gasteiger partial charge in [-0.2, -0.15) is 0 Å². The smallest absolute Gasteiger partial charge is 0.304 e. The second-order valence-electron chi connectivity index (χ2n) is 12.2. The Morgan fingerprint density at radius 3 is 2.34 bits per heavy atom. The maximum absolute atomic E-state index is 12.3. The van der Waals surface area contributed by atoms with Crippen LogP contribution >= 0.6 is 0 Å². The van der Waals surface area contributed by atoms with E-state index in [1.54, 1.807) is 0 Å². The van der Waals surface area contributed by atoms with Crippen LogP contribution in [0.15, 0.2) is 30.3 Å². The topological polar surface area (TPSA) is 52.6 Å². The Kier molecular flexibility index (Phi) is 6.27. The van der Waals surface area contributed by atoms with E-state index in [0.29, 0.717) is 29.1 Å². The molecule has 4 aliphatic rings. The van der Waals surface area contributed by atoms with Gasteiger partial charge >= 0.3 is 11.9 Å². The van der Waals surface area contributed by atoms with Crippen molar-refractivity contribution in [1.82, 2.24) is 0 Å². The molecule has 4 saturated carbocycles. The van der Waals surface area contributed by atoms with Crippen LogP contribution in [-0.4, -0.2) is 23.6 Å². The number of hydrogen-bond donors (Lipinski definition) is 0. The van der Waals surface area contributed by atoms with Crippen molar-refractivity contribution in [2.75, 3.05) is 0 Å². The van der Waals surface area contributed by atoms with Gasteiger partial charge in [0.25, 0.3) is 0 Å². The van der Waals surface area contributed by atoms with E-state index in [1.807, 2.05) is 30.3 Å². The molecule has 188 valence electrons. The Morgan fingerprint density at radius 1 is 0.886 bits per heavy atom. The summed E-state index contributed by atoms with van der Waals surface area (Å²) in [5.74, 6) is 9.01. The minimum Gasteiger partial charge on any atom is -0.463 e. The predicted octanol–water partition coefficient (Wildman–Crippen LogP) is 6.31. The van der Waals surface area contributed by atoms with Crippen molar-refractivity contribution in [2.45, 2.75) is 97.2 Å². The zero-order valence-corrected chi connectivity index (χ0v) is 21.8. The fourth-order valence-corrected chi connectivity index (χ4v) is 8.90. The van der Waals surface area contributed by atoms with Gasteiger partial charge < -0.3 is 9.47 Å². The number of benzene rings is 1. The number of carbonyl (C=O) groups is 2. The monoisotopic (exact) mass is 476 g/mol. The fourth-order valence-electron chi connectivity index (χ4n) is 8.90. The second kappa shape index (κ2) is 8.99. The van der Waals surface area contributed by atoms with Crippen LogP contribution in [0.25, 0.3) is 0 Å². The molecular weight excluding hydrogens is 436 g/mol. The van der Waals surface area contributed by atoms with Crippen molar-refractivity contribution in [1.29, 1.82) is 0 Å². The lowest BCUT2D eigenvalue weighted by Crippen LogP contribution is -2.57. The Labute approximate surface area is 210 Å². The third-order valence-electron chi connectivity index (χ3n) is 10.6. The molecule has 35 heavy (non-hydrogen) atoms. The van der Waals surface area contributed by atoms with E-state index in [2.05, 4.69) is 25.7 Å². The Balaban J connectivity index is 1.42. The molecule has 0 saturated heterocycles. The lowest BCUT2D eigenvalue weighted by Gasteiger charge is -2.61. The van der Waals surface area contributed by atoms with E-state index in [-0.39, 0.29) is 23.5 Å². The highest BCUT2D eigenvalue weighted by molar-refractivity contribution is 5.67. The SMILES string of the molecule is CC(=O)O[C@@H]1CC[C@]2(C)[C@H](CC[C@@H]3[C@H]4CC[C@@](C#Cc5ccccc5)(OC(C)=O)[C@@]4(C)CC[C@@H]32)C1. The molecule has 0 aliphatic heterocycles. The first kappa shape index (κ1) is 24.4. The van der Waals surface area contributed by atoms with E-state index in [4.69, 9.17) is 9.47 Å². The summed E-state index contributed by atoms with van der Waals surface area (Å²) in [6, 6.07) is 10.0. The van der Waals surface area contributed by atoms with Gasteiger partial charge in [0.15, 0.2) is 5.60 Å². The summed E-state index contributed by atoms with van der Waals surface area (Å²) in [7, 11) is 0. The highest BCUT2D eigenvalue weighted by Crippen LogP contribution is 2.69. The van der Waals surface area contributed by atoms with Gasteiger partial charge in [0, 0.05) is 24.8 Å². The van der Waals surface area contributed by atoms with Crippen LogP contribution in [-0.2, 0) is 19.1 Å². The van der Waals surface area contributed by atoms with Gasteiger partial charge in [0.2, 0.25) is 0 Å². The molecule has 0 N–H and O–H groups in total. The summed E-state index contributed by atoms with van der Waals surface area (Å²) in [6.45, 7) is 7.94. The molecule has 0 spiro atoms. The van der Waals surface area contributed by atoms with E-state index in [9.17, 15) is 9.59 Å². The molecule has 8 atom stereocenters. The number of rotatable bonds is 2. The summed E-state index contributed by atoms with van der Waals surface area (Å²) >= 11 is 0. The van der Waals surface area contributed by atoms with Crippen LogP contribution in [0, 0.1) is 46.3 Å². The van der Waals surface area contributed by atoms with Gasteiger partial charge in [-0.05, 0) is 105 Å². The molecular formula is C31H40O4. The largest absolute Gasteiger partial charge is 0.463 e. The minimum absolute atomic E-state index is 0.0901. The van der Waals surface area contributed by atoms with Crippen LogP contribution < -0.4 is 0 Å². The summed E-state index contributed by atoms with van der Waals surface area (Å²) in [5, 5.41) is 0. The number of esters is 2. The highest BCUT2D eigenvalue weighted by Gasteiger charge is 2.66. The van der Waals surface area contributed by atoms with E-state index in [1.165, 1.54) is 33.1 Å². The first-order valence-corrected chi connectivity index (χ1v) is 13.6. The predicted molar refractivity (Wildman–Crippen MR) is 135 cm³/mol. The van der Waals surface area contributed by atoms with Gasteiger partial charge in [0.1, 0.15) is 6.10 Å². The average Bonchev–Trinajstić information content (AvgIpc) is 3.10. The standard InChI is InChI=1S/C31H40O4/c1-21(32)34-25-13-16-29(3)24(20-25)10-11-26-27(29)14-17-30(4)28(26)15-19-31(30,35-22(2)33)18-12-23-8-6-5-7-9-23/h5-9,24-28H,10-11,13-17,19-20H2,1-4H3/t24-,25-,26+,27+,28-,29-,30+,31-/m1/s1. The normalized spacial score (nSPS) is 41.9. The summed E-state index contributed by atoms with van der Waals surface area (Å²) in [6.07, 6.45) is 9.77. The Hall–Kier alpha value is -2.28. The zero-order valence-electron chi connectivity index (χ0n) is 21.8. The van der Waals surface area contributed by atoms with Crippen LogP contribution in [0.3, 0.4) is 0 Å². The molecule has 5 rings (SSSR count). The lowest BCUT2D eigenvalue weighted by molar-refractivity contribution is -0.178. The molecule has 4 nitrogen and oxygen atoms in total. The lowest BCUT2D eigenvalue weighted by atomic mass is 9.44. The molecule has 0 unspecified atom stereocenters. The van der Waals surface area contributed by atoms with Crippen molar-refractivity contribution < 1.29 is 19.1 Å². The minimum atomic E-state index is -0.713. The zero-order chi connectivity index (χ0) is 24.8. The van der Waals surface area contributed by atoms with Gasteiger partial charge in [-0.15, -0.1) is 0 Å². The fraction of sp³-hybridized carbons (Fsp3) is 0.677. The third-order valence-corrected chi connectivity index (χ3v) is 10.6. The number of fused-ring (bicyclic) bond motifs is 5. The highest BCUT2D eigenvalue weighted by atomic mass is 16.6. The molecule has 0 bridgehead atoms. The van der Waals surface area contributed by atoms with Crippen molar-refractivity contribution in [2.24, 2.45) is 34.5 Å². The summed E-state index contributed by atoms with van der Waals surface area (Å²) in [4.78, 5) is 23.9. The molecule has 0 amide bonds. The molecule has 0 aromatic heterocycles. The molecule has 1 aromatic rings. The van der Waals surface area contributed by atoms with E-state index in [0.717, 1.165) is 44.1 Å². The van der Waals surface area contributed by atoms with Crippen LogP contribution in [0.1, 0.15) is 91.0 Å². The van der Waals surface area contributed by atoms with E-state index >= 15 is 0 Å². The Morgan fingerprint density at radius 2 is 1.63 bits per heavy atom. The van der Waals surface area contributed by atoms with Crippen LogP contribution in [0.5, 0.6) is 0 Å². The first-order valence-electron chi connectivity index (χ1n) is 13.6. The molecule has 4 heteroatoms. The van der Waals surface area contributed by atoms with Crippen LogP contribution in [0.2, 0.25) is 0 Å². The van der Waals surface area contributed by atoms with Gasteiger partial charge in [-0.1, -0.05) is 38.0 Å². The number of ether oxygens (including phenoxy) is 2. The number of carbonyl (C=O) groups excluding carboxylic acids is 2. The molecule has 0 heterocycles. The molecule has 4 fully saturated rings. The van der Waals surface area contributed by atoms with Gasteiger partial charge in [-0.3, -0.25) is 9.59 Å². The average molecular weight is 477 g/mol. The van der Waals surface area contributed by atoms with Crippen molar-refractivity contribution >= 4 is 11.9 Å². The maximum atomic E-state index is 12.3. The van der Waals surface area contributed by atoms with Crippen molar-refractivity contribution in [3.63, 3.8) is 0 Å². The van der Waals surface area contributed by atoms with Gasteiger partial charge in [-0.25, -0.2) is 0 Å².